The van der Waals surface area contributed by atoms with Crippen molar-refractivity contribution in [2.75, 3.05) is 18.5 Å². The number of nitrogens with zero attached hydrogens (tertiary/aromatic N) is 1. The molecular formula is C31H43F3N2O2. The van der Waals surface area contributed by atoms with Gasteiger partial charge in [-0.05, 0) is 136 Å². The molecule has 210 valence electrons. The van der Waals surface area contributed by atoms with E-state index in [4.69, 9.17) is 10.00 Å². The van der Waals surface area contributed by atoms with E-state index < -0.39 is 23.7 Å². The lowest BCUT2D eigenvalue weighted by atomic mass is 9.48. The molecule has 1 unspecified atom stereocenters. The second-order valence-electron chi connectivity index (χ2n) is 13.1. The third-order valence-corrected chi connectivity index (χ3v) is 11.2. The zero-order chi connectivity index (χ0) is 27.3. The quantitative estimate of drug-likeness (QED) is 0.405. The van der Waals surface area contributed by atoms with Gasteiger partial charge >= 0.3 is 6.18 Å². The van der Waals surface area contributed by atoms with Gasteiger partial charge in [-0.1, -0.05) is 6.92 Å². The van der Waals surface area contributed by atoms with Crippen LogP contribution in [0.4, 0.5) is 18.9 Å². The molecule has 2 N–H and O–H groups in total. The first-order valence-corrected chi connectivity index (χ1v) is 14.6. The number of alkyl halides is 3. The SMILES string of the molecule is CCOC[C@@]1(O)CC[C@H]2[C@H](CC[C@@H]3[C@@H]2CC[C@]2(C)C([C@@H](Nc4ccc(C#N)cc4C)C(F)(F)F)CC[C@@H]32)C1. The van der Waals surface area contributed by atoms with Crippen molar-refractivity contribution < 1.29 is 23.0 Å². The Labute approximate surface area is 225 Å². The first kappa shape index (κ1) is 27.8. The summed E-state index contributed by atoms with van der Waals surface area (Å²) in [6.07, 6.45) is 3.68. The lowest BCUT2D eigenvalue weighted by Crippen LogP contribution is -2.54. The van der Waals surface area contributed by atoms with Gasteiger partial charge in [-0.3, -0.25) is 0 Å². The minimum atomic E-state index is -4.36. The highest BCUT2D eigenvalue weighted by Gasteiger charge is 2.62. The number of nitriles is 1. The van der Waals surface area contributed by atoms with Crippen molar-refractivity contribution in [3.8, 4) is 6.07 Å². The van der Waals surface area contributed by atoms with Crippen molar-refractivity contribution in [2.45, 2.75) is 96.4 Å². The lowest BCUT2D eigenvalue weighted by molar-refractivity contribution is -0.170. The number of aryl methyl sites for hydroxylation is 1. The van der Waals surface area contributed by atoms with E-state index in [1.807, 2.05) is 6.92 Å². The molecule has 1 aromatic rings. The summed E-state index contributed by atoms with van der Waals surface area (Å²) in [6.45, 7) is 6.89. The maximum absolute atomic E-state index is 14.6. The van der Waals surface area contributed by atoms with Gasteiger partial charge in [0.1, 0.15) is 6.04 Å². The molecule has 1 aromatic carbocycles. The number of nitrogens with one attached hydrogen (secondary N) is 1. The smallest absolute Gasteiger partial charge is 0.387 e. The Morgan fingerprint density at radius 1 is 1.11 bits per heavy atom. The van der Waals surface area contributed by atoms with Gasteiger partial charge in [-0.2, -0.15) is 18.4 Å². The molecule has 0 spiro atoms. The Morgan fingerprint density at radius 3 is 2.55 bits per heavy atom. The summed E-state index contributed by atoms with van der Waals surface area (Å²) in [5.74, 6) is 2.00. The third kappa shape index (κ3) is 4.96. The molecule has 4 aliphatic carbocycles. The van der Waals surface area contributed by atoms with Crippen LogP contribution in [0.15, 0.2) is 18.2 Å². The van der Waals surface area contributed by atoms with Crippen molar-refractivity contribution in [1.82, 2.24) is 0 Å². The Bertz CT molecular complexity index is 1050. The zero-order valence-electron chi connectivity index (χ0n) is 23.0. The summed E-state index contributed by atoms with van der Waals surface area (Å²) in [6, 6.07) is 5.33. The number of fused-ring (bicyclic) bond motifs is 5. The molecule has 9 atom stereocenters. The van der Waals surface area contributed by atoms with E-state index in [9.17, 15) is 18.3 Å². The van der Waals surface area contributed by atoms with Crippen LogP contribution in [0, 0.1) is 59.2 Å². The average molecular weight is 533 g/mol. The van der Waals surface area contributed by atoms with E-state index in [2.05, 4.69) is 18.3 Å². The summed E-state index contributed by atoms with van der Waals surface area (Å²) >= 11 is 0. The molecule has 0 aliphatic heterocycles. The monoisotopic (exact) mass is 532 g/mol. The van der Waals surface area contributed by atoms with Crippen LogP contribution in [0.1, 0.15) is 82.8 Å². The Hall–Kier alpha value is -1.78. The van der Waals surface area contributed by atoms with E-state index in [0.29, 0.717) is 66.0 Å². The summed E-state index contributed by atoms with van der Waals surface area (Å²) < 4.78 is 49.5. The predicted octanol–water partition coefficient (Wildman–Crippen LogP) is 7.25. The molecule has 38 heavy (non-hydrogen) atoms. The number of hydrogen-bond donors (Lipinski definition) is 2. The molecule has 0 heterocycles. The van der Waals surface area contributed by atoms with Crippen molar-refractivity contribution in [1.29, 1.82) is 5.26 Å². The highest BCUT2D eigenvalue weighted by atomic mass is 19.4. The molecule has 0 aromatic heterocycles. The van der Waals surface area contributed by atoms with E-state index in [-0.39, 0.29) is 5.41 Å². The van der Waals surface area contributed by atoms with Gasteiger partial charge in [0.2, 0.25) is 0 Å². The molecule has 5 rings (SSSR count). The Morgan fingerprint density at radius 2 is 1.87 bits per heavy atom. The summed E-state index contributed by atoms with van der Waals surface area (Å²) in [5, 5.41) is 23.2. The van der Waals surface area contributed by atoms with Gasteiger partial charge in [0.15, 0.2) is 0 Å². The summed E-state index contributed by atoms with van der Waals surface area (Å²) in [7, 11) is 0. The van der Waals surface area contributed by atoms with Gasteiger partial charge in [-0.25, -0.2) is 0 Å². The highest BCUT2D eigenvalue weighted by Crippen LogP contribution is 2.66. The minimum absolute atomic E-state index is 0.324. The second-order valence-corrected chi connectivity index (χ2v) is 13.1. The third-order valence-electron chi connectivity index (χ3n) is 11.2. The standard InChI is InChI=1S/C31H43F3N2O2/c1-4-38-18-30(37)14-12-22-21(16-30)6-7-24-23(22)11-13-29(3)25(24)8-9-26(29)28(31(32,33)34)36-27-10-5-20(17-35)15-19(27)2/h5,10,15,21-26,28,36-37H,4,6-9,11-14,16,18H2,1-3H3/t21-,22+,23-,24-,25+,26?,28-,29+,30-/m1/s1. The zero-order valence-corrected chi connectivity index (χ0v) is 23.0. The molecule has 0 amide bonds. The Kier molecular flexibility index (Phi) is 7.54. The van der Waals surface area contributed by atoms with Crippen LogP contribution < -0.4 is 5.32 Å². The van der Waals surface area contributed by atoms with Gasteiger partial charge in [0.05, 0.1) is 23.8 Å². The molecule has 4 nitrogen and oxygen atoms in total. The van der Waals surface area contributed by atoms with Crippen LogP contribution in [-0.4, -0.2) is 36.1 Å². The summed E-state index contributed by atoms with van der Waals surface area (Å²) in [4.78, 5) is 0. The van der Waals surface area contributed by atoms with Gasteiger partial charge in [0.25, 0.3) is 0 Å². The summed E-state index contributed by atoms with van der Waals surface area (Å²) in [5.41, 5.74) is 0.528. The van der Waals surface area contributed by atoms with Crippen LogP contribution in [0.5, 0.6) is 0 Å². The number of halogens is 3. The number of aliphatic hydroxyl groups is 1. The normalized spacial score (nSPS) is 39.4. The number of hydrogen-bond acceptors (Lipinski definition) is 4. The molecule has 0 saturated heterocycles. The fourth-order valence-electron chi connectivity index (χ4n) is 9.45. The fourth-order valence-corrected chi connectivity index (χ4v) is 9.45. The fraction of sp³-hybridized carbons (Fsp3) is 0.774. The van der Waals surface area contributed by atoms with Crippen LogP contribution in [-0.2, 0) is 4.74 Å². The second kappa shape index (κ2) is 10.3. The van der Waals surface area contributed by atoms with Crippen molar-refractivity contribution in [3.63, 3.8) is 0 Å². The topological polar surface area (TPSA) is 65.3 Å². The number of rotatable bonds is 6. The lowest BCUT2D eigenvalue weighted by Gasteiger charge is -2.57. The van der Waals surface area contributed by atoms with E-state index in [0.717, 1.165) is 51.4 Å². The van der Waals surface area contributed by atoms with Gasteiger partial charge < -0.3 is 15.2 Å². The maximum Gasteiger partial charge on any atom is 0.408 e. The average Bonchev–Trinajstić information content (AvgIpc) is 3.22. The van der Waals surface area contributed by atoms with Gasteiger partial charge in [-0.15, -0.1) is 0 Å². The first-order chi connectivity index (χ1) is 18.0. The first-order valence-electron chi connectivity index (χ1n) is 14.6. The largest absolute Gasteiger partial charge is 0.408 e. The highest BCUT2D eigenvalue weighted by molar-refractivity contribution is 5.55. The minimum Gasteiger partial charge on any atom is -0.387 e. The molecule has 4 aliphatic rings. The molecule has 4 saturated carbocycles. The van der Waals surface area contributed by atoms with Crippen molar-refractivity contribution >= 4 is 5.69 Å². The number of anilines is 1. The van der Waals surface area contributed by atoms with Crippen molar-refractivity contribution in [3.05, 3.63) is 29.3 Å². The van der Waals surface area contributed by atoms with Crippen LogP contribution in [0.3, 0.4) is 0 Å². The van der Waals surface area contributed by atoms with E-state index in [1.165, 1.54) is 0 Å². The van der Waals surface area contributed by atoms with Crippen molar-refractivity contribution in [2.24, 2.45) is 40.9 Å². The molecular weight excluding hydrogens is 489 g/mol. The molecule has 4 fully saturated rings. The van der Waals surface area contributed by atoms with Crippen LogP contribution in [0.2, 0.25) is 0 Å². The van der Waals surface area contributed by atoms with E-state index in [1.54, 1.807) is 25.1 Å². The predicted molar refractivity (Wildman–Crippen MR) is 141 cm³/mol. The maximum atomic E-state index is 14.6. The van der Waals surface area contributed by atoms with E-state index >= 15 is 0 Å². The molecule has 7 heteroatoms. The molecule has 0 bridgehead atoms. The Balaban J connectivity index is 1.33. The number of ether oxygens (including phenoxy) is 1. The van der Waals surface area contributed by atoms with Crippen LogP contribution >= 0.6 is 0 Å². The number of benzene rings is 1. The van der Waals surface area contributed by atoms with Gasteiger partial charge in [0, 0.05) is 12.3 Å². The molecule has 0 radical (unpaired) electrons. The van der Waals surface area contributed by atoms with Crippen LogP contribution in [0.25, 0.3) is 0 Å².